The van der Waals surface area contributed by atoms with E-state index in [2.05, 4.69) is 0 Å². The van der Waals surface area contributed by atoms with Gasteiger partial charge in [-0.3, -0.25) is 0 Å². The highest BCUT2D eigenvalue weighted by Gasteiger charge is 1.83. The number of hydrogen-bond donors (Lipinski definition) is 1. The smallest absolute Gasteiger partial charge is 0.0434 e. The van der Waals surface area contributed by atoms with Gasteiger partial charge in [0.05, 0.1) is 0 Å². The van der Waals surface area contributed by atoms with Crippen molar-refractivity contribution in [1.82, 2.24) is 0 Å². The van der Waals surface area contributed by atoms with E-state index in [-0.39, 0.29) is 0 Å². The van der Waals surface area contributed by atoms with Gasteiger partial charge in [0.1, 0.15) is 0 Å². The van der Waals surface area contributed by atoms with Crippen LogP contribution in [0, 0.1) is 0 Å². The molecule has 8 heavy (non-hydrogen) atoms. The second kappa shape index (κ2) is 7.66. The zero-order chi connectivity index (χ0) is 12.5. The average Bonchev–Trinajstić information content (AvgIpc) is 1.99. The molecule has 3 heteroatoms. The van der Waals surface area contributed by atoms with E-state index < -0.39 is 24.3 Å². The molecule has 0 aliphatic heterocycles. The standard InChI is InChI=1S/C5H13NS2/c1-2-4-7-8-5-3-6/h2-6H2,1H3/i2D,3D2,4D2,5D2. The summed E-state index contributed by atoms with van der Waals surface area (Å²) in [5.41, 5.74) is 0.629. The Kier molecular flexibility index (Phi) is 2.26. The van der Waals surface area contributed by atoms with Gasteiger partial charge in [-0.1, -0.05) is 28.5 Å². The zero-order valence-electron chi connectivity index (χ0n) is 11.5. The normalized spacial score (nSPS) is 32.0. The molecule has 0 aliphatic carbocycles. The van der Waals surface area contributed by atoms with E-state index in [1.807, 2.05) is 0 Å². The van der Waals surface area contributed by atoms with Crippen molar-refractivity contribution in [3.05, 3.63) is 0 Å². The van der Waals surface area contributed by atoms with Crippen LogP contribution in [0.5, 0.6) is 0 Å². The average molecular weight is 158 g/mol. The van der Waals surface area contributed by atoms with E-state index >= 15 is 0 Å². The molecule has 2 N–H and O–H groups in total. The Bertz CT molecular complexity index is 214. The predicted molar refractivity (Wildman–Crippen MR) is 44.3 cm³/mol. The lowest BCUT2D eigenvalue weighted by atomic mass is 10.6. The molecule has 0 fully saturated rings. The van der Waals surface area contributed by atoms with Gasteiger partial charge in [0.15, 0.2) is 0 Å². The third-order valence-electron chi connectivity index (χ3n) is 0.308. The van der Waals surface area contributed by atoms with Gasteiger partial charge in [0.2, 0.25) is 0 Å². The minimum atomic E-state index is -2.55. The van der Waals surface area contributed by atoms with Crippen LogP contribution in [-0.4, -0.2) is 17.9 Å². The van der Waals surface area contributed by atoms with Crippen molar-refractivity contribution in [2.75, 3.05) is 17.9 Å². The first-order chi connectivity index (χ1) is 6.40. The van der Waals surface area contributed by atoms with Crippen molar-refractivity contribution in [3.63, 3.8) is 0 Å². The summed E-state index contributed by atoms with van der Waals surface area (Å²) in [6.45, 7) is -1.20. The van der Waals surface area contributed by atoms with Crippen molar-refractivity contribution < 1.29 is 9.60 Å². The van der Waals surface area contributed by atoms with Crippen LogP contribution in [0.4, 0.5) is 0 Å². The van der Waals surface area contributed by atoms with Crippen LogP contribution in [0.1, 0.15) is 22.9 Å². The van der Waals surface area contributed by atoms with Gasteiger partial charge >= 0.3 is 0 Å². The third-order valence-corrected chi connectivity index (χ3v) is 1.71. The molecule has 1 unspecified atom stereocenters. The molecule has 0 saturated carbocycles. The molecule has 0 radical (unpaired) electrons. The minimum Gasteiger partial charge on any atom is -0.330 e. The molecular weight excluding hydrogens is 138 g/mol. The van der Waals surface area contributed by atoms with E-state index in [1.54, 1.807) is 0 Å². The highest BCUT2D eigenvalue weighted by Crippen LogP contribution is 2.20. The lowest BCUT2D eigenvalue weighted by molar-refractivity contribution is 1.11. The largest absolute Gasteiger partial charge is 0.330 e. The summed E-state index contributed by atoms with van der Waals surface area (Å²) in [4.78, 5) is 0. The van der Waals surface area contributed by atoms with Crippen LogP contribution in [0.25, 0.3) is 0 Å². The molecule has 0 rings (SSSR count). The highest BCUT2D eigenvalue weighted by atomic mass is 33.1. The number of rotatable bonds is 5. The fourth-order valence-electron chi connectivity index (χ4n) is 0.117. The van der Waals surface area contributed by atoms with Crippen LogP contribution < -0.4 is 5.73 Å². The maximum atomic E-state index is 7.36. The quantitative estimate of drug-likeness (QED) is 0.617. The topological polar surface area (TPSA) is 26.0 Å². The molecule has 50 valence electrons. The van der Waals surface area contributed by atoms with E-state index in [9.17, 15) is 0 Å². The van der Waals surface area contributed by atoms with Crippen molar-refractivity contribution in [1.29, 1.82) is 0 Å². The Hall–Kier alpha value is 0.660. The summed E-state index contributed by atoms with van der Waals surface area (Å²) < 4.78 is 50.5. The minimum absolute atomic E-state index is 0.376. The van der Waals surface area contributed by atoms with E-state index in [1.165, 1.54) is 6.92 Å². The van der Waals surface area contributed by atoms with Gasteiger partial charge in [0.25, 0.3) is 0 Å². The van der Waals surface area contributed by atoms with E-state index in [0.717, 1.165) is 0 Å². The van der Waals surface area contributed by atoms with Crippen molar-refractivity contribution in [2.45, 2.75) is 13.3 Å². The molecule has 0 saturated heterocycles. The third kappa shape index (κ3) is 6.66. The Morgan fingerprint density at radius 2 is 2.12 bits per heavy atom. The van der Waals surface area contributed by atoms with E-state index in [0.29, 0.717) is 21.6 Å². The van der Waals surface area contributed by atoms with Crippen molar-refractivity contribution >= 4 is 21.6 Å². The fraction of sp³-hybridized carbons (Fsp3) is 1.00. The summed E-state index contributed by atoms with van der Waals surface area (Å²) in [6, 6.07) is 0. The van der Waals surface area contributed by atoms with Crippen LogP contribution in [0.2, 0.25) is 0 Å². The van der Waals surface area contributed by atoms with Crippen LogP contribution in [0.3, 0.4) is 0 Å². The summed E-state index contributed by atoms with van der Waals surface area (Å²) in [6.07, 6.45) is -1.03. The molecule has 0 aromatic heterocycles. The Balaban J connectivity index is 4.40. The molecule has 0 aliphatic rings. The molecule has 1 nitrogen and oxygen atoms in total. The predicted octanol–water partition coefficient (Wildman–Crippen LogP) is 1.74. The van der Waals surface area contributed by atoms with Crippen molar-refractivity contribution in [3.8, 4) is 0 Å². The lowest BCUT2D eigenvalue weighted by Gasteiger charge is -1.93. The van der Waals surface area contributed by atoms with Crippen LogP contribution >= 0.6 is 21.6 Å². The summed E-state index contributed by atoms with van der Waals surface area (Å²) >= 11 is 0. The monoisotopic (exact) mass is 158 g/mol. The van der Waals surface area contributed by atoms with Crippen LogP contribution in [0.15, 0.2) is 0 Å². The zero-order valence-corrected chi connectivity index (χ0v) is 6.10. The maximum absolute atomic E-state index is 7.36. The summed E-state index contributed by atoms with van der Waals surface area (Å²) in [5.74, 6) is 0. The number of hydrogen-bond acceptors (Lipinski definition) is 3. The van der Waals surface area contributed by atoms with Crippen LogP contribution in [-0.2, 0) is 0 Å². The molecule has 0 aromatic carbocycles. The second-order valence-electron chi connectivity index (χ2n) is 0.820. The Labute approximate surface area is 69.0 Å². The molecule has 0 bridgehead atoms. The summed E-state index contributed by atoms with van der Waals surface area (Å²) in [7, 11) is 0.864. The van der Waals surface area contributed by atoms with Gasteiger partial charge in [-0.25, -0.2) is 0 Å². The van der Waals surface area contributed by atoms with Gasteiger partial charge in [-0.2, -0.15) is 0 Å². The molecule has 1 atom stereocenters. The molecule has 0 aromatic rings. The molecule has 0 heterocycles. The first kappa shape index (κ1) is 2.36. The second-order valence-corrected chi connectivity index (χ2v) is 2.59. The molecular formula is C5H13NS2. The Morgan fingerprint density at radius 1 is 1.50 bits per heavy atom. The highest BCUT2D eigenvalue weighted by molar-refractivity contribution is 8.76. The Morgan fingerprint density at radius 3 is 2.62 bits per heavy atom. The first-order valence-corrected chi connectivity index (χ1v) is 4.13. The molecule has 0 spiro atoms. The van der Waals surface area contributed by atoms with Crippen molar-refractivity contribution in [2.24, 2.45) is 5.73 Å². The lowest BCUT2D eigenvalue weighted by Crippen LogP contribution is -1.99. The van der Waals surface area contributed by atoms with Gasteiger partial charge in [0, 0.05) is 27.5 Å². The number of nitrogens with two attached hydrogens (primary N) is 1. The van der Waals surface area contributed by atoms with Gasteiger partial charge in [-0.05, 0) is 6.40 Å². The van der Waals surface area contributed by atoms with Gasteiger partial charge in [-0.15, -0.1) is 0 Å². The van der Waals surface area contributed by atoms with Gasteiger partial charge < -0.3 is 5.73 Å². The van der Waals surface area contributed by atoms with E-state index in [4.69, 9.17) is 15.3 Å². The maximum Gasteiger partial charge on any atom is 0.0434 e. The fourth-order valence-corrected chi connectivity index (χ4v) is 1.05. The summed E-state index contributed by atoms with van der Waals surface area (Å²) in [5, 5.41) is 0. The SMILES string of the molecule is [2H]C(C)C([2H])([2H])SSC([2H])([2H])C([2H])([2H])N. The molecule has 0 amide bonds. The first-order valence-electron chi connectivity index (χ1n) is 5.56.